The van der Waals surface area contributed by atoms with Crippen LogP contribution in [0.25, 0.3) is 0 Å². The Kier molecular flexibility index (Phi) is 8.44. The Morgan fingerprint density at radius 3 is 1.75 bits per heavy atom. The molecule has 1 aliphatic rings. The zero-order valence-corrected chi connectivity index (χ0v) is 18.1. The van der Waals surface area contributed by atoms with E-state index in [0.717, 1.165) is 0 Å². The molecule has 28 heavy (non-hydrogen) atoms. The van der Waals surface area contributed by atoms with E-state index in [4.69, 9.17) is 14.2 Å². The first kappa shape index (κ1) is 24.4. The second-order valence-electron chi connectivity index (χ2n) is 9.00. The summed E-state index contributed by atoms with van der Waals surface area (Å²) in [4.78, 5) is 39.8. The van der Waals surface area contributed by atoms with E-state index in [1.165, 1.54) is 4.90 Å². The van der Waals surface area contributed by atoms with Gasteiger partial charge in [-0.15, -0.1) is 0 Å². The third-order valence-corrected chi connectivity index (χ3v) is 4.20. The average molecular weight is 402 g/mol. The number of esters is 2. The quantitative estimate of drug-likeness (QED) is 0.532. The van der Waals surface area contributed by atoms with E-state index in [1.807, 2.05) is 0 Å². The van der Waals surface area contributed by atoms with Gasteiger partial charge in [0.2, 0.25) is 0 Å². The highest BCUT2D eigenvalue weighted by atomic mass is 16.6. The number of rotatable bonds is 6. The highest BCUT2D eigenvalue weighted by Gasteiger charge is 2.45. The van der Waals surface area contributed by atoms with E-state index in [2.05, 4.69) is 0 Å². The van der Waals surface area contributed by atoms with Crippen molar-refractivity contribution in [2.24, 2.45) is 11.8 Å². The lowest BCUT2D eigenvalue weighted by Gasteiger charge is -2.34. The maximum atomic E-state index is 12.8. The lowest BCUT2D eigenvalue weighted by molar-refractivity contribution is -0.181. The normalized spacial score (nSPS) is 17.8. The van der Waals surface area contributed by atoms with Gasteiger partial charge < -0.3 is 24.2 Å². The molecule has 1 aliphatic heterocycles. The average Bonchev–Trinajstić information content (AvgIpc) is 2.55. The monoisotopic (exact) mass is 401 g/mol. The van der Waals surface area contributed by atoms with Crippen molar-refractivity contribution in [3.05, 3.63) is 0 Å². The molecule has 0 spiro atoms. The number of carbonyl (C=O) groups excluding carboxylic acids is 3. The zero-order valence-electron chi connectivity index (χ0n) is 18.1. The Hall–Kier alpha value is -1.67. The number of aliphatic hydroxyl groups is 1. The van der Waals surface area contributed by atoms with Crippen molar-refractivity contribution in [1.82, 2.24) is 4.90 Å². The Balaban J connectivity index is 3.13. The summed E-state index contributed by atoms with van der Waals surface area (Å²) in [6.45, 7) is 13.3. The maximum absolute atomic E-state index is 12.8. The lowest BCUT2D eigenvalue weighted by atomic mass is 9.84. The fourth-order valence-corrected chi connectivity index (χ4v) is 2.97. The van der Waals surface area contributed by atoms with Crippen LogP contribution in [0.1, 0.15) is 54.9 Å². The first-order valence-corrected chi connectivity index (χ1v) is 9.77. The van der Waals surface area contributed by atoms with Gasteiger partial charge in [0.05, 0.1) is 13.2 Å². The number of ether oxygens (including phenoxy) is 3. The molecular formula is C20H35NO7. The van der Waals surface area contributed by atoms with Gasteiger partial charge in [-0.1, -0.05) is 6.92 Å². The van der Waals surface area contributed by atoms with Crippen LogP contribution < -0.4 is 0 Å². The summed E-state index contributed by atoms with van der Waals surface area (Å²) < 4.78 is 16.0. The standard InChI is InChI=1S/C20H35NO7/c1-8-13(15(22)16(23)21-9-11-26-12-10-21)14(17(24)27-19(2,3)4)18(25)28-20(5,6)7/h13-15,22H,8-12H2,1-7H3/t13-,15+/m1/s1. The molecule has 1 rings (SSSR count). The molecule has 1 heterocycles. The molecule has 1 N–H and O–H groups in total. The predicted molar refractivity (Wildman–Crippen MR) is 102 cm³/mol. The first-order chi connectivity index (χ1) is 12.8. The topological polar surface area (TPSA) is 102 Å². The summed E-state index contributed by atoms with van der Waals surface area (Å²) in [6.07, 6.45) is -1.30. The van der Waals surface area contributed by atoms with Gasteiger partial charge in [-0.2, -0.15) is 0 Å². The molecule has 0 aromatic heterocycles. The van der Waals surface area contributed by atoms with Crippen LogP contribution in [0.5, 0.6) is 0 Å². The van der Waals surface area contributed by atoms with Gasteiger partial charge in [0.25, 0.3) is 5.91 Å². The van der Waals surface area contributed by atoms with Gasteiger partial charge >= 0.3 is 11.9 Å². The fraction of sp³-hybridized carbons (Fsp3) is 0.850. The summed E-state index contributed by atoms with van der Waals surface area (Å²) in [5.41, 5.74) is -1.65. The van der Waals surface area contributed by atoms with E-state index < -0.39 is 47.0 Å². The van der Waals surface area contributed by atoms with Gasteiger partial charge in [-0.25, -0.2) is 0 Å². The van der Waals surface area contributed by atoms with Crippen LogP contribution in [-0.2, 0) is 28.6 Å². The number of aliphatic hydroxyl groups excluding tert-OH is 1. The van der Waals surface area contributed by atoms with Gasteiger partial charge in [-0.3, -0.25) is 14.4 Å². The largest absolute Gasteiger partial charge is 0.459 e. The van der Waals surface area contributed by atoms with E-state index in [0.29, 0.717) is 26.3 Å². The van der Waals surface area contributed by atoms with Crippen LogP contribution >= 0.6 is 0 Å². The van der Waals surface area contributed by atoms with Gasteiger partial charge in [-0.05, 0) is 48.0 Å². The molecule has 0 aromatic carbocycles. The van der Waals surface area contributed by atoms with E-state index >= 15 is 0 Å². The molecular weight excluding hydrogens is 366 g/mol. The minimum absolute atomic E-state index is 0.223. The van der Waals surface area contributed by atoms with Crippen LogP contribution in [0.4, 0.5) is 0 Å². The van der Waals surface area contributed by atoms with E-state index in [-0.39, 0.29) is 6.42 Å². The van der Waals surface area contributed by atoms with Crippen molar-refractivity contribution in [2.45, 2.75) is 72.2 Å². The number of hydrogen-bond donors (Lipinski definition) is 1. The van der Waals surface area contributed by atoms with Crippen LogP contribution in [0.2, 0.25) is 0 Å². The van der Waals surface area contributed by atoms with Crippen LogP contribution in [-0.4, -0.2) is 71.5 Å². The fourth-order valence-electron chi connectivity index (χ4n) is 2.97. The van der Waals surface area contributed by atoms with Gasteiger partial charge in [0.15, 0.2) is 5.92 Å². The zero-order chi connectivity index (χ0) is 21.7. The molecule has 8 nitrogen and oxygen atoms in total. The van der Waals surface area contributed by atoms with Crippen LogP contribution in [0.15, 0.2) is 0 Å². The number of hydrogen-bond acceptors (Lipinski definition) is 7. The Morgan fingerprint density at radius 2 is 1.39 bits per heavy atom. The van der Waals surface area contributed by atoms with E-state index in [9.17, 15) is 19.5 Å². The molecule has 162 valence electrons. The smallest absolute Gasteiger partial charge is 0.321 e. The summed E-state index contributed by atoms with van der Waals surface area (Å²) in [5, 5.41) is 10.7. The molecule has 0 radical (unpaired) electrons. The summed E-state index contributed by atoms with van der Waals surface area (Å²) in [6, 6.07) is 0. The maximum Gasteiger partial charge on any atom is 0.321 e. The van der Waals surface area contributed by atoms with Crippen LogP contribution in [0, 0.1) is 11.8 Å². The molecule has 1 fully saturated rings. The molecule has 1 saturated heterocycles. The third-order valence-electron chi connectivity index (χ3n) is 4.20. The minimum Gasteiger partial charge on any atom is -0.459 e. The molecule has 0 bridgehead atoms. The summed E-state index contributed by atoms with van der Waals surface area (Å²) in [7, 11) is 0. The SMILES string of the molecule is CC[C@H](C(C(=O)OC(C)(C)C)C(=O)OC(C)(C)C)[C@H](O)C(=O)N1CCOCC1. The number of morpholine rings is 1. The predicted octanol–water partition coefficient (Wildman–Crippen LogP) is 1.53. The number of carbonyl (C=O) groups is 3. The molecule has 0 aliphatic carbocycles. The molecule has 8 heteroatoms. The Labute approximate surface area is 167 Å². The number of amides is 1. The Morgan fingerprint density at radius 1 is 0.964 bits per heavy atom. The van der Waals surface area contributed by atoms with Crippen LogP contribution in [0.3, 0.4) is 0 Å². The van der Waals surface area contributed by atoms with Gasteiger partial charge in [0.1, 0.15) is 17.3 Å². The number of nitrogens with zero attached hydrogens (tertiary/aromatic N) is 1. The second-order valence-corrected chi connectivity index (χ2v) is 9.00. The lowest BCUT2D eigenvalue weighted by Crippen LogP contribution is -2.51. The molecule has 0 aromatic rings. The van der Waals surface area contributed by atoms with Crippen molar-refractivity contribution in [2.75, 3.05) is 26.3 Å². The minimum atomic E-state index is -1.52. The summed E-state index contributed by atoms with van der Waals surface area (Å²) >= 11 is 0. The van der Waals surface area contributed by atoms with Crippen molar-refractivity contribution >= 4 is 17.8 Å². The van der Waals surface area contributed by atoms with Crippen molar-refractivity contribution in [1.29, 1.82) is 0 Å². The highest BCUT2D eigenvalue weighted by molar-refractivity contribution is 5.96. The van der Waals surface area contributed by atoms with Gasteiger partial charge in [0, 0.05) is 19.0 Å². The van der Waals surface area contributed by atoms with Crippen molar-refractivity contribution in [3.8, 4) is 0 Å². The third kappa shape index (κ3) is 7.39. The van der Waals surface area contributed by atoms with Crippen molar-refractivity contribution in [3.63, 3.8) is 0 Å². The second kappa shape index (κ2) is 9.69. The first-order valence-electron chi connectivity index (χ1n) is 9.77. The Bertz CT molecular complexity index is 528. The molecule has 0 saturated carbocycles. The highest BCUT2D eigenvalue weighted by Crippen LogP contribution is 2.28. The molecule has 0 unspecified atom stereocenters. The molecule has 1 amide bonds. The molecule has 2 atom stereocenters. The van der Waals surface area contributed by atoms with Crippen molar-refractivity contribution < 1.29 is 33.7 Å². The summed E-state index contributed by atoms with van der Waals surface area (Å²) in [5.74, 6) is -4.49. The van der Waals surface area contributed by atoms with E-state index in [1.54, 1.807) is 48.5 Å².